The van der Waals surface area contributed by atoms with Gasteiger partial charge in [0.15, 0.2) is 0 Å². The average Bonchev–Trinajstić information content (AvgIpc) is 2.23. The van der Waals surface area contributed by atoms with E-state index >= 15 is 0 Å². The first kappa shape index (κ1) is 14.9. The Morgan fingerprint density at radius 2 is 1.87 bits per heavy atom. The Hall–Kier alpha value is -0.0800. The van der Waals surface area contributed by atoms with Crippen LogP contribution in [0.2, 0.25) is 0 Å². The Morgan fingerprint density at radius 3 is 2.27 bits per heavy atom. The van der Waals surface area contributed by atoms with Crippen LogP contribution < -0.4 is 0 Å². The molecule has 0 rings (SSSR count). The van der Waals surface area contributed by atoms with E-state index in [1.54, 1.807) is 7.11 Å². The predicted molar refractivity (Wildman–Crippen MR) is 65.0 cm³/mol. The second kappa shape index (κ2) is 7.24. The van der Waals surface area contributed by atoms with Crippen LogP contribution in [0.5, 0.6) is 0 Å². The largest absolute Gasteiger partial charge is 0.390 e. The van der Waals surface area contributed by atoms with Crippen LogP contribution in [0, 0.1) is 5.92 Å². The van der Waals surface area contributed by atoms with Gasteiger partial charge in [0.2, 0.25) is 0 Å². The van der Waals surface area contributed by atoms with Crippen LogP contribution in [0.25, 0.3) is 0 Å². The van der Waals surface area contributed by atoms with Gasteiger partial charge in [0, 0.05) is 7.11 Å². The molecular weight excluding hydrogens is 188 g/mol. The zero-order valence-corrected chi connectivity index (χ0v) is 11.0. The number of hydrogen-bond acceptors (Lipinski definition) is 2. The van der Waals surface area contributed by atoms with E-state index in [2.05, 4.69) is 13.8 Å². The lowest BCUT2D eigenvalue weighted by Crippen LogP contribution is -2.39. The van der Waals surface area contributed by atoms with Crippen LogP contribution >= 0.6 is 0 Å². The second-order valence-electron chi connectivity index (χ2n) is 4.98. The minimum Gasteiger partial charge on any atom is -0.390 e. The lowest BCUT2D eigenvalue weighted by Gasteiger charge is -2.31. The third kappa shape index (κ3) is 5.53. The fraction of sp³-hybridized carbons (Fsp3) is 1.00. The van der Waals surface area contributed by atoms with Gasteiger partial charge in [-0.3, -0.25) is 0 Å². The highest BCUT2D eigenvalue weighted by Crippen LogP contribution is 2.25. The Balaban J connectivity index is 4.05. The Kier molecular flexibility index (Phi) is 7.20. The standard InChI is InChI=1S/C13H28O2/c1-6-8-9-11(7-2)10-12(14)13(3,4)15-5/h11-12,14H,6-10H2,1-5H3. The first-order valence-corrected chi connectivity index (χ1v) is 6.21. The first-order valence-electron chi connectivity index (χ1n) is 6.21. The first-order chi connectivity index (χ1) is 6.97. The number of methoxy groups -OCH3 is 1. The Labute approximate surface area is 95.0 Å². The van der Waals surface area contributed by atoms with Crippen molar-refractivity contribution in [1.82, 2.24) is 0 Å². The normalized spacial score (nSPS) is 16.4. The molecule has 92 valence electrons. The SMILES string of the molecule is CCCCC(CC)CC(O)C(C)(C)OC. The fourth-order valence-corrected chi connectivity index (χ4v) is 1.72. The van der Waals surface area contributed by atoms with Gasteiger partial charge in [0.25, 0.3) is 0 Å². The van der Waals surface area contributed by atoms with Gasteiger partial charge >= 0.3 is 0 Å². The van der Waals surface area contributed by atoms with Gasteiger partial charge in [-0.25, -0.2) is 0 Å². The summed E-state index contributed by atoms with van der Waals surface area (Å²) in [5.74, 6) is 0.634. The van der Waals surface area contributed by atoms with Crippen molar-refractivity contribution in [2.75, 3.05) is 7.11 Å². The monoisotopic (exact) mass is 216 g/mol. The summed E-state index contributed by atoms with van der Waals surface area (Å²) in [6, 6.07) is 0. The zero-order valence-electron chi connectivity index (χ0n) is 11.0. The molecule has 0 spiro atoms. The number of unbranched alkanes of at least 4 members (excludes halogenated alkanes) is 1. The minimum absolute atomic E-state index is 0.357. The molecule has 0 amide bonds. The van der Waals surface area contributed by atoms with Gasteiger partial charge in [-0.15, -0.1) is 0 Å². The molecule has 0 aliphatic carbocycles. The van der Waals surface area contributed by atoms with Gasteiger partial charge < -0.3 is 9.84 Å². The Bertz CT molecular complexity index is 155. The minimum atomic E-state index is -0.417. The molecular formula is C13H28O2. The van der Waals surface area contributed by atoms with Gasteiger partial charge in [0.05, 0.1) is 11.7 Å². The average molecular weight is 216 g/mol. The molecule has 0 aliphatic heterocycles. The van der Waals surface area contributed by atoms with Crippen molar-refractivity contribution in [2.24, 2.45) is 5.92 Å². The summed E-state index contributed by atoms with van der Waals surface area (Å²) in [6.45, 7) is 8.31. The lowest BCUT2D eigenvalue weighted by molar-refractivity contribution is -0.0860. The van der Waals surface area contributed by atoms with Gasteiger partial charge in [-0.05, 0) is 26.2 Å². The summed E-state index contributed by atoms with van der Waals surface area (Å²) in [4.78, 5) is 0. The summed E-state index contributed by atoms with van der Waals surface area (Å²) < 4.78 is 5.30. The van der Waals surface area contributed by atoms with Crippen LogP contribution in [-0.2, 0) is 4.74 Å². The molecule has 2 nitrogen and oxygen atoms in total. The van der Waals surface area contributed by atoms with Crippen molar-refractivity contribution < 1.29 is 9.84 Å². The summed E-state index contributed by atoms with van der Waals surface area (Å²) >= 11 is 0. The maximum atomic E-state index is 10.1. The van der Waals surface area contributed by atoms with E-state index in [-0.39, 0.29) is 6.10 Å². The van der Waals surface area contributed by atoms with Crippen LogP contribution in [0.1, 0.15) is 59.8 Å². The zero-order chi connectivity index (χ0) is 11.9. The van der Waals surface area contributed by atoms with Crippen LogP contribution in [0.3, 0.4) is 0 Å². The highest BCUT2D eigenvalue weighted by Gasteiger charge is 2.28. The van der Waals surface area contributed by atoms with Gasteiger partial charge in [-0.1, -0.05) is 39.5 Å². The van der Waals surface area contributed by atoms with Crippen LogP contribution in [0.4, 0.5) is 0 Å². The highest BCUT2D eigenvalue weighted by atomic mass is 16.5. The van der Waals surface area contributed by atoms with E-state index in [0.717, 1.165) is 12.8 Å². The van der Waals surface area contributed by atoms with Crippen molar-refractivity contribution in [3.8, 4) is 0 Å². The molecule has 2 unspecified atom stereocenters. The molecule has 0 aromatic rings. The molecule has 0 saturated carbocycles. The maximum Gasteiger partial charge on any atom is 0.0880 e. The maximum absolute atomic E-state index is 10.1. The van der Waals surface area contributed by atoms with Gasteiger partial charge in [-0.2, -0.15) is 0 Å². The molecule has 0 aromatic heterocycles. The second-order valence-corrected chi connectivity index (χ2v) is 4.98. The molecule has 0 radical (unpaired) electrons. The summed E-state index contributed by atoms with van der Waals surface area (Å²) in [5.41, 5.74) is -0.417. The van der Waals surface area contributed by atoms with Gasteiger partial charge in [0.1, 0.15) is 0 Å². The Morgan fingerprint density at radius 1 is 1.27 bits per heavy atom. The third-order valence-corrected chi connectivity index (χ3v) is 3.43. The van der Waals surface area contributed by atoms with E-state index < -0.39 is 5.60 Å². The van der Waals surface area contributed by atoms with E-state index in [1.165, 1.54) is 19.3 Å². The van der Waals surface area contributed by atoms with Crippen molar-refractivity contribution >= 4 is 0 Å². The molecule has 0 fully saturated rings. The summed E-state index contributed by atoms with van der Waals surface area (Å²) in [5, 5.41) is 10.1. The number of rotatable bonds is 8. The number of aliphatic hydroxyl groups excluding tert-OH is 1. The molecule has 0 aliphatic rings. The van der Waals surface area contributed by atoms with Crippen molar-refractivity contribution in [3.05, 3.63) is 0 Å². The molecule has 15 heavy (non-hydrogen) atoms. The molecule has 0 bridgehead atoms. The van der Waals surface area contributed by atoms with E-state index in [0.29, 0.717) is 5.92 Å². The number of ether oxygens (including phenoxy) is 1. The summed E-state index contributed by atoms with van der Waals surface area (Å²) in [7, 11) is 1.66. The van der Waals surface area contributed by atoms with Crippen molar-refractivity contribution in [1.29, 1.82) is 0 Å². The highest BCUT2D eigenvalue weighted by molar-refractivity contribution is 4.80. The van der Waals surface area contributed by atoms with Crippen LogP contribution in [-0.4, -0.2) is 23.9 Å². The quantitative estimate of drug-likeness (QED) is 0.674. The van der Waals surface area contributed by atoms with E-state index in [1.807, 2.05) is 13.8 Å². The fourth-order valence-electron chi connectivity index (χ4n) is 1.72. The van der Waals surface area contributed by atoms with Crippen molar-refractivity contribution in [3.63, 3.8) is 0 Å². The number of hydrogen-bond donors (Lipinski definition) is 1. The third-order valence-electron chi connectivity index (χ3n) is 3.43. The predicted octanol–water partition coefficient (Wildman–Crippen LogP) is 3.38. The molecule has 0 saturated heterocycles. The molecule has 2 heteroatoms. The molecule has 0 heterocycles. The van der Waals surface area contributed by atoms with Crippen LogP contribution in [0.15, 0.2) is 0 Å². The molecule has 1 N–H and O–H groups in total. The van der Waals surface area contributed by atoms with E-state index in [9.17, 15) is 5.11 Å². The van der Waals surface area contributed by atoms with E-state index in [4.69, 9.17) is 4.74 Å². The van der Waals surface area contributed by atoms with Crippen molar-refractivity contribution in [2.45, 2.75) is 71.5 Å². The molecule has 0 aromatic carbocycles. The summed E-state index contributed by atoms with van der Waals surface area (Å²) in [6.07, 6.45) is 5.38. The molecule has 2 atom stereocenters. The lowest BCUT2D eigenvalue weighted by atomic mass is 9.87. The topological polar surface area (TPSA) is 29.5 Å². The smallest absolute Gasteiger partial charge is 0.0880 e. The number of aliphatic hydroxyl groups is 1.